The van der Waals surface area contributed by atoms with Gasteiger partial charge in [0.1, 0.15) is 5.02 Å². The van der Waals surface area contributed by atoms with Gasteiger partial charge in [-0.05, 0) is 12.8 Å². The summed E-state index contributed by atoms with van der Waals surface area (Å²) in [7, 11) is 0. The summed E-state index contributed by atoms with van der Waals surface area (Å²) in [6, 6.07) is 0. The third-order valence-corrected chi connectivity index (χ3v) is 2.29. The number of amides is 1. The largest absolute Gasteiger partial charge is 0.370 e. The van der Waals surface area contributed by atoms with Gasteiger partial charge in [-0.3, -0.25) is 10.2 Å². The minimum absolute atomic E-state index is 0.286. The summed E-state index contributed by atoms with van der Waals surface area (Å²) in [6.45, 7) is 0.647. The third kappa shape index (κ3) is 4.83. The molecule has 1 rings (SSSR count). The van der Waals surface area contributed by atoms with E-state index in [9.17, 15) is 4.79 Å². The fraction of sp³-hybridized carbons (Fsp3) is 0.444. The van der Waals surface area contributed by atoms with Crippen molar-refractivity contribution in [2.24, 2.45) is 11.6 Å². The molecule has 17 heavy (non-hydrogen) atoms. The number of rotatable bonds is 7. The van der Waals surface area contributed by atoms with E-state index in [2.05, 4.69) is 20.7 Å². The van der Waals surface area contributed by atoms with Crippen LogP contribution in [0.5, 0.6) is 0 Å². The molecule has 0 fully saturated rings. The lowest BCUT2D eigenvalue weighted by Crippen LogP contribution is -2.13. The number of nitrogens with two attached hydrogens (primary N) is 2. The van der Waals surface area contributed by atoms with E-state index in [0.29, 0.717) is 23.8 Å². The van der Waals surface area contributed by atoms with Gasteiger partial charge in [-0.1, -0.05) is 11.6 Å². The SMILES string of the molecule is NNc1ncc(Cl)c(NCCCCC(N)=O)n1. The molecule has 0 bridgehead atoms. The maximum atomic E-state index is 10.5. The summed E-state index contributed by atoms with van der Waals surface area (Å²) >= 11 is 5.89. The Hall–Kier alpha value is -1.60. The first-order valence-corrected chi connectivity index (χ1v) is 5.52. The summed E-state index contributed by atoms with van der Waals surface area (Å²) in [4.78, 5) is 18.4. The maximum Gasteiger partial charge on any atom is 0.239 e. The quantitative estimate of drug-likeness (QED) is 0.321. The number of unbranched alkanes of at least 4 members (excludes halogenated alkanes) is 1. The van der Waals surface area contributed by atoms with Gasteiger partial charge in [0.2, 0.25) is 11.9 Å². The van der Waals surface area contributed by atoms with Gasteiger partial charge >= 0.3 is 0 Å². The van der Waals surface area contributed by atoms with Gasteiger partial charge in [0.25, 0.3) is 0 Å². The maximum absolute atomic E-state index is 10.5. The van der Waals surface area contributed by atoms with Crippen LogP contribution in [0.1, 0.15) is 19.3 Å². The second-order valence-electron chi connectivity index (χ2n) is 3.38. The van der Waals surface area contributed by atoms with Crippen LogP contribution in [-0.2, 0) is 4.79 Å². The van der Waals surface area contributed by atoms with Gasteiger partial charge < -0.3 is 11.1 Å². The van der Waals surface area contributed by atoms with E-state index in [1.165, 1.54) is 6.20 Å². The summed E-state index contributed by atoms with van der Waals surface area (Å²) in [5, 5.41) is 3.45. The molecule has 0 saturated heterocycles. The molecule has 0 unspecified atom stereocenters. The van der Waals surface area contributed by atoms with Crippen LogP contribution in [0.4, 0.5) is 11.8 Å². The molecule has 0 aliphatic rings. The van der Waals surface area contributed by atoms with Crippen molar-refractivity contribution in [3.05, 3.63) is 11.2 Å². The highest BCUT2D eigenvalue weighted by molar-refractivity contribution is 6.32. The van der Waals surface area contributed by atoms with Crippen molar-refractivity contribution in [3.8, 4) is 0 Å². The molecule has 0 aromatic carbocycles. The number of nitrogens with zero attached hydrogens (tertiary/aromatic N) is 2. The molecule has 0 saturated carbocycles. The molecule has 8 heteroatoms. The van der Waals surface area contributed by atoms with Crippen LogP contribution in [0.2, 0.25) is 5.02 Å². The zero-order chi connectivity index (χ0) is 12.7. The molecule has 7 nitrogen and oxygen atoms in total. The number of primary amides is 1. The Morgan fingerprint density at radius 2 is 2.24 bits per heavy atom. The lowest BCUT2D eigenvalue weighted by molar-refractivity contribution is -0.118. The predicted molar refractivity (Wildman–Crippen MR) is 66.4 cm³/mol. The number of carbonyl (C=O) groups excluding carboxylic acids is 1. The highest BCUT2D eigenvalue weighted by Gasteiger charge is 2.03. The van der Waals surface area contributed by atoms with Crippen molar-refractivity contribution in [3.63, 3.8) is 0 Å². The molecule has 1 heterocycles. The molecule has 1 aromatic heterocycles. The van der Waals surface area contributed by atoms with Crippen molar-refractivity contribution < 1.29 is 4.79 Å². The molecule has 0 radical (unpaired) electrons. The van der Waals surface area contributed by atoms with E-state index in [1.807, 2.05) is 0 Å². The highest BCUT2D eigenvalue weighted by Crippen LogP contribution is 2.18. The first-order valence-electron chi connectivity index (χ1n) is 5.15. The van der Waals surface area contributed by atoms with Crippen molar-refractivity contribution in [1.82, 2.24) is 9.97 Å². The number of carbonyl (C=O) groups is 1. The smallest absolute Gasteiger partial charge is 0.239 e. The number of nitrogens with one attached hydrogen (secondary N) is 2. The van der Waals surface area contributed by atoms with Gasteiger partial charge in [-0.2, -0.15) is 4.98 Å². The van der Waals surface area contributed by atoms with E-state index in [1.54, 1.807) is 0 Å². The molecular weight excluding hydrogens is 244 g/mol. The fourth-order valence-corrected chi connectivity index (χ4v) is 1.35. The van der Waals surface area contributed by atoms with Crippen LogP contribution in [0.3, 0.4) is 0 Å². The Morgan fingerprint density at radius 1 is 1.47 bits per heavy atom. The minimum Gasteiger partial charge on any atom is -0.370 e. The average molecular weight is 259 g/mol. The second kappa shape index (κ2) is 6.87. The number of aromatic nitrogens is 2. The van der Waals surface area contributed by atoms with Crippen LogP contribution < -0.4 is 22.3 Å². The molecule has 0 aliphatic carbocycles. The standard InChI is InChI=1S/C9H15ClN6O/c10-6-5-14-9(16-12)15-8(6)13-4-2-1-3-7(11)17/h5H,1-4,12H2,(H2,11,17)(H2,13,14,15,16). The number of hydrogen-bond acceptors (Lipinski definition) is 6. The zero-order valence-electron chi connectivity index (χ0n) is 9.24. The van der Waals surface area contributed by atoms with Crippen LogP contribution >= 0.6 is 11.6 Å². The van der Waals surface area contributed by atoms with E-state index in [4.69, 9.17) is 23.2 Å². The van der Waals surface area contributed by atoms with E-state index < -0.39 is 0 Å². The van der Waals surface area contributed by atoms with Crippen LogP contribution in [0, 0.1) is 0 Å². The lowest BCUT2D eigenvalue weighted by Gasteiger charge is -2.07. The Kier molecular flexibility index (Phi) is 5.44. The molecule has 1 aromatic rings. The second-order valence-corrected chi connectivity index (χ2v) is 3.79. The van der Waals surface area contributed by atoms with E-state index >= 15 is 0 Å². The van der Waals surface area contributed by atoms with Crippen molar-refractivity contribution in [2.75, 3.05) is 17.3 Å². The summed E-state index contributed by atoms with van der Waals surface area (Å²) < 4.78 is 0. The fourth-order valence-electron chi connectivity index (χ4n) is 1.19. The highest BCUT2D eigenvalue weighted by atomic mass is 35.5. The van der Waals surface area contributed by atoms with E-state index in [0.717, 1.165) is 12.8 Å². The van der Waals surface area contributed by atoms with Gasteiger partial charge in [0.05, 0.1) is 6.20 Å². The number of hydrazine groups is 1. The Bertz CT molecular complexity index is 386. The lowest BCUT2D eigenvalue weighted by atomic mass is 10.2. The van der Waals surface area contributed by atoms with Gasteiger partial charge in [0.15, 0.2) is 5.82 Å². The topological polar surface area (TPSA) is 119 Å². The average Bonchev–Trinajstić information content (AvgIpc) is 2.30. The molecule has 94 valence electrons. The van der Waals surface area contributed by atoms with Gasteiger partial charge in [-0.25, -0.2) is 10.8 Å². The molecule has 1 amide bonds. The van der Waals surface area contributed by atoms with Crippen molar-refractivity contribution in [2.45, 2.75) is 19.3 Å². The van der Waals surface area contributed by atoms with Gasteiger partial charge in [0, 0.05) is 13.0 Å². The van der Waals surface area contributed by atoms with Crippen LogP contribution in [-0.4, -0.2) is 22.4 Å². The Balaban J connectivity index is 2.38. The van der Waals surface area contributed by atoms with E-state index in [-0.39, 0.29) is 11.9 Å². The summed E-state index contributed by atoms with van der Waals surface area (Å²) in [5.41, 5.74) is 7.35. The summed E-state index contributed by atoms with van der Waals surface area (Å²) in [5.74, 6) is 5.68. The number of anilines is 2. The number of nitrogen functional groups attached to an aromatic ring is 1. The number of hydrogen-bond donors (Lipinski definition) is 4. The van der Waals surface area contributed by atoms with Crippen LogP contribution in [0.15, 0.2) is 6.20 Å². The predicted octanol–water partition coefficient (Wildman–Crippen LogP) is 0.483. The molecule has 0 atom stereocenters. The van der Waals surface area contributed by atoms with Crippen LogP contribution in [0.25, 0.3) is 0 Å². The first-order chi connectivity index (χ1) is 8.13. The monoisotopic (exact) mass is 258 g/mol. The van der Waals surface area contributed by atoms with Gasteiger partial charge in [-0.15, -0.1) is 0 Å². The Morgan fingerprint density at radius 3 is 2.88 bits per heavy atom. The van der Waals surface area contributed by atoms with Crippen molar-refractivity contribution in [1.29, 1.82) is 0 Å². The normalized spacial score (nSPS) is 10.0. The minimum atomic E-state index is -0.292. The Labute approximate surface area is 104 Å². The molecule has 6 N–H and O–H groups in total. The summed E-state index contributed by atoms with van der Waals surface area (Å²) in [6.07, 6.45) is 3.37. The molecular formula is C9H15ClN6O. The number of halogens is 1. The van der Waals surface area contributed by atoms with Crippen molar-refractivity contribution >= 4 is 29.3 Å². The first kappa shape index (κ1) is 13.5. The third-order valence-electron chi connectivity index (χ3n) is 2.02. The molecule has 0 aliphatic heterocycles. The molecule has 0 spiro atoms. The zero-order valence-corrected chi connectivity index (χ0v) is 10.00.